The van der Waals surface area contributed by atoms with Crippen LogP contribution in [0.25, 0.3) is 11.4 Å². The Morgan fingerprint density at radius 2 is 1.86 bits per heavy atom. The van der Waals surface area contributed by atoms with E-state index in [9.17, 15) is 18.0 Å². The molecule has 4 heterocycles. The van der Waals surface area contributed by atoms with Gasteiger partial charge < -0.3 is 15.0 Å². The first-order valence-corrected chi connectivity index (χ1v) is 12.4. The van der Waals surface area contributed by atoms with Gasteiger partial charge in [-0.2, -0.15) is 13.2 Å². The van der Waals surface area contributed by atoms with Gasteiger partial charge in [0, 0.05) is 31.2 Å². The van der Waals surface area contributed by atoms with Crippen LogP contribution in [0.4, 0.5) is 40.3 Å². The van der Waals surface area contributed by atoms with Gasteiger partial charge in [-0.05, 0) is 58.7 Å². The standard InChI is InChI=1S/C25H29F3N6O2S/c1-23(2,3)36-22(35)33(6)18-9-15(25(26,27)28)11-30-20(18)32-21-31-17(13-37-21)16-8-14-10-24(4,5)34(7)19(14)12-29-16/h8-9,11-13H,10H2,1-7H3,(H,30,31,32). The summed E-state index contributed by atoms with van der Waals surface area (Å²) in [6.45, 7) is 9.35. The van der Waals surface area contributed by atoms with Gasteiger partial charge in [0.05, 0.1) is 28.8 Å². The van der Waals surface area contributed by atoms with Crippen molar-refractivity contribution < 1.29 is 22.7 Å². The predicted octanol–water partition coefficient (Wildman–Crippen LogP) is 6.50. The van der Waals surface area contributed by atoms with E-state index in [4.69, 9.17) is 4.74 Å². The SMILES string of the molecule is CN(C(=O)OC(C)(C)C)c1cc(C(F)(F)F)cnc1Nc1nc(-c2cc3c(cn2)N(C)C(C)(C)C3)cs1. The fraction of sp³-hybridized carbons (Fsp3) is 0.440. The highest BCUT2D eigenvalue weighted by atomic mass is 32.1. The molecule has 1 amide bonds. The molecular formula is C25H29F3N6O2S. The monoisotopic (exact) mass is 534 g/mol. The molecule has 1 aliphatic rings. The van der Waals surface area contributed by atoms with E-state index >= 15 is 0 Å². The summed E-state index contributed by atoms with van der Waals surface area (Å²) in [5.41, 5.74) is 1.64. The fourth-order valence-corrected chi connectivity index (χ4v) is 4.63. The molecule has 4 rings (SSSR count). The number of carbonyl (C=O) groups excluding carboxylic acids is 1. The first-order valence-electron chi connectivity index (χ1n) is 11.5. The van der Waals surface area contributed by atoms with E-state index in [1.165, 1.54) is 23.9 Å². The largest absolute Gasteiger partial charge is 0.443 e. The number of hydrogen-bond donors (Lipinski definition) is 1. The Labute approximate surface area is 217 Å². The Hall–Kier alpha value is -3.41. The third-order valence-electron chi connectivity index (χ3n) is 6.07. The molecule has 1 aliphatic heterocycles. The maximum Gasteiger partial charge on any atom is 0.417 e. The number of ether oxygens (including phenoxy) is 1. The number of fused-ring (bicyclic) bond motifs is 1. The molecule has 0 aliphatic carbocycles. The van der Waals surface area contributed by atoms with Crippen LogP contribution < -0.4 is 15.1 Å². The third-order valence-corrected chi connectivity index (χ3v) is 6.83. The molecule has 0 aromatic carbocycles. The quantitative estimate of drug-likeness (QED) is 0.409. The second kappa shape index (κ2) is 9.16. The molecule has 0 atom stereocenters. The van der Waals surface area contributed by atoms with Gasteiger partial charge in [-0.15, -0.1) is 11.3 Å². The molecule has 198 valence electrons. The minimum atomic E-state index is -4.63. The first-order chi connectivity index (χ1) is 17.0. The van der Waals surface area contributed by atoms with Crippen molar-refractivity contribution in [2.75, 3.05) is 29.2 Å². The van der Waals surface area contributed by atoms with E-state index in [-0.39, 0.29) is 17.0 Å². The van der Waals surface area contributed by atoms with Gasteiger partial charge in [0.1, 0.15) is 11.3 Å². The van der Waals surface area contributed by atoms with E-state index in [2.05, 4.69) is 39.0 Å². The van der Waals surface area contributed by atoms with Crippen molar-refractivity contribution in [1.29, 1.82) is 0 Å². The Bertz CT molecular complexity index is 1330. The topological polar surface area (TPSA) is 83.5 Å². The minimum Gasteiger partial charge on any atom is -0.443 e. The van der Waals surface area contributed by atoms with Crippen molar-refractivity contribution in [3.05, 3.63) is 41.0 Å². The Morgan fingerprint density at radius 3 is 2.51 bits per heavy atom. The fourth-order valence-electron chi connectivity index (χ4n) is 3.92. The Morgan fingerprint density at radius 1 is 1.16 bits per heavy atom. The highest BCUT2D eigenvalue weighted by molar-refractivity contribution is 7.14. The highest BCUT2D eigenvalue weighted by Gasteiger charge is 2.35. The van der Waals surface area contributed by atoms with Crippen LogP contribution in [-0.4, -0.2) is 46.3 Å². The molecule has 8 nitrogen and oxygen atoms in total. The zero-order valence-electron chi connectivity index (χ0n) is 21.7. The average molecular weight is 535 g/mol. The molecule has 12 heteroatoms. The third kappa shape index (κ3) is 5.63. The zero-order valence-corrected chi connectivity index (χ0v) is 22.5. The number of pyridine rings is 2. The van der Waals surface area contributed by atoms with Crippen LogP contribution in [0.15, 0.2) is 29.9 Å². The lowest BCUT2D eigenvalue weighted by atomic mass is 9.99. The molecule has 0 spiro atoms. The zero-order chi connectivity index (χ0) is 27.3. The first kappa shape index (κ1) is 26.6. The lowest BCUT2D eigenvalue weighted by Crippen LogP contribution is -2.37. The van der Waals surface area contributed by atoms with Crippen molar-refractivity contribution in [2.24, 2.45) is 0 Å². The van der Waals surface area contributed by atoms with Gasteiger partial charge in [0.2, 0.25) is 0 Å². The second-order valence-corrected chi connectivity index (χ2v) is 11.4. The number of likely N-dealkylation sites (N-methyl/N-ethyl adjacent to an activating group) is 1. The maximum atomic E-state index is 13.4. The van der Waals surface area contributed by atoms with E-state index in [1.807, 2.05) is 24.7 Å². The molecule has 37 heavy (non-hydrogen) atoms. The van der Waals surface area contributed by atoms with E-state index in [0.717, 1.165) is 23.1 Å². The number of thiazole rings is 1. The van der Waals surface area contributed by atoms with E-state index < -0.39 is 23.4 Å². The summed E-state index contributed by atoms with van der Waals surface area (Å²) in [4.78, 5) is 28.9. The minimum absolute atomic E-state index is 0.0117. The molecule has 0 bridgehead atoms. The van der Waals surface area contributed by atoms with Crippen molar-refractivity contribution in [3.8, 4) is 11.4 Å². The molecule has 1 N–H and O–H groups in total. The molecule has 0 saturated heterocycles. The molecule has 0 saturated carbocycles. The Balaban J connectivity index is 1.63. The lowest BCUT2D eigenvalue weighted by molar-refractivity contribution is -0.137. The number of aromatic nitrogens is 3. The van der Waals surface area contributed by atoms with Gasteiger partial charge in [0.15, 0.2) is 10.9 Å². The summed E-state index contributed by atoms with van der Waals surface area (Å²) in [6.07, 6.45) is -2.03. The molecule has 0 unspecified atom stereocenters. The average Bonchev–Trinajstić information content (AvgIpc) is 3.33. The second-order valence-electron chi connectivity index (χ2n) is 10.5. The van der Waals surface area contributed by atoms with Crippen LogP contribution in [0.5, 0.6) is 0 Å². The number of amides is 1. The number of anilines is 4. The van der Waals surface area contributed by atoms with Gasteiger partial charge in [-0.25, -0.2) is 14.8 Å². The smallest absolute Gasteiger partial charge is 0.417 e. The van der Waals surface area contributed by atoms with Crippen molar-refractivity contribution in [1.82, 2.24) is 15.0 Å². The predicted molar refractivity (Wildman–Crippen MR) is 139 cm³/mol. The summed E-state index contributed by atoms with van der Waals surface area (Å²) in [5, 5.41) is 5.15. The summed E-state index contributed by atoms with van der Waals surface area (Å²) in [6, 6.07) is 2.87. The van der Waals surface area contributed by atoms with Crippen LogP contribution >= 0.6 is 11.3 Å². The number of nitrogens with zero attached hydrogens (tertiary/aromatic N) is 5. The highest BCUT2D eigenvalue weighted by Crippen LogP contribution is 2.39. The number of nitrogens with one attached hydrogen (secondary N) is 1. The van der Waals surface area contributed by atoms with Gasteiger partial charge in [0.25, 0.3) is 0 Å². The summed E-state index contributed by atoms with van der Waals surface area (Å²) in [5.74, 6) is 0.0348. The number of carbonyl (C=O) groups is 1. The lowest BCUT2D eigenvalue weighted by Gasteiger charge is -2.29. The summed E-state index contributed by atoms with van der Waals surface area (Å²) in [7, 11) is 3.37. The Kier molecular flexibility index (Phi) is 6.60. The van der Waals surface area contributed by atoms with Crippen molar-refractivity contribution >= 4 is 39.8 Å². The van der Waals surface area contributed by atoms with Crippen LogP contribution in [0.1, 0.15) is 45.7 Å². The van der Waals surface area contributed by atoms with Crippen molar-refractivity contribution in [3.63, 3.8) is 0 Å². The summed E-state index contributed by atoms with van der Waals surface area (Å²) < 4.78 is 45.5. The van der Waals surface area contributed by atoms with Crippen LogP contribution in [-0.2, 0) is 17.3 Å². The summed E-state index contributed by atoms with van der Waals surface area (Å²) >= 11 is 1.25. The van der Waals surface area contributed by atoms with E-state index in [0.29, 0.717) is 22.7 Å². The number of alkyl halides is 3. The van der Waals surface area contributed by atoms with E-state index in [1.54, 1.807) is 20.8 Å². The normalized spacial score (nSPS) is 14.9. The molecular weight excluding hydrogens is 505 g/mol. The van der Waals surface area contributed by atoms with Gasteiger partial charge in [-0.3, -0.25) is 9.88 Å². The molecule has 0 fully saturated rings. The van der Waals surface area contributed by atoms with Crippen LogP contribution in [0, 0.1) is 0 Å². The number of hydrogen-bond acceptors (Lipinski definition) is 8. The van der Waals surface area contributed by atoms with Crippen LogP contribution in [0.2, 0.25) is 0 Å². The number of halogens is 3. The van der Waals surface area contributed by atoms with Gasteiger partial charge in [-0.1, -0.05) is 0 Å². The maximum absolute atomic E-state index is 13.4. The van der Waals surface area contributed by atoms with Crippen LogP contribution in [0.3, 0.4) is 0 Å². The molecule has 3 aromatic rings. The molecule has 3 aromatic heterocycles. The molecule has 0 radical (unpaired) electrons. The number of rotatable bonds is 4. The van der Waals surface area contributed by atoms with Crippen molar-refractivity contribution in [2.45, 2.75) is 58.4 Å². The van der Waals surface area contributed by atoms with Gasteiger partial charge >= 0.3 is 12.3 Å².